The second-order valence-corrected chi connectivity index (χ2v) is 8.46. The molecule has 0 bridgehead atoms. The van der Waals surface area contributed by atoms with Crippen LogP contribution in [0.15, 0.2) is 35.0 Å². The molecule has 0 amide bonds. The van der Waals surface area contributed by atoms with E-state index in [9.17, 15) is 4.39 Å². The standard InChI is InChI=1S/C23H25BClF3N2/c1-7-16-12(3)22-20(18-10-9-11-19(26)21(18)25)23-13(4)17(8-2)15(6)30(23)24(27,28)29(22)14(16)5/h9-11H,7-8H2,1-6H3. The summed E-state index contributed by atoms with van der Waals surface area (Å²) in [6.07, 6.45) is 1.28. The third-order valence-corrected chi connectivity index (χ3v) is 7.10. The first-order valence-electron chi connectivity index (χ1n) is 10.3. The van der Waals surface area contributed by atoms with Gasteiger partial charge in [-0.05, 0) is 56.5 Å². The first-order valence-corrected chi connectivity index (χ1v) is 10.7. The quantitative estimate of drug-likeness (QED) is 0.479. The van der Waals surface area contributed by atoms with Crippen LogP contribution in [0.1, 0.15) is 62.2 Å². The summed E-state index contributed by atoms with van der Waals surface area (Å²) < 4.78 is 49.0. The van der Waals surface area contributed by atoms with Gasteiger partial charge in [-0.2, -0.15) is 0 Å². The van der Waals surface area contributed by atoms with Crippen LogP contribution < -0.4 is 0 Å². The van der Waals surface area contributed by atoms with E-state index in [0.717, 1.165) is 22.3 Å². The molecule has 0 aliphatic carbocycles. The predicted octanol–water partition coefficient (Wildman–Crippen LogP) is 6.67. The molecule has 0 atom stereocenters. The Bertz CT molecular complexity index is 1200. The SMILES string of the molecule is CCC1=C(C)C2=C(c3cccc(F)c3Cl)c3c(C)c(CC)c(C)n3[B-](F)(F)[N+]2=C1C. The van der Waals surface area contributed by atoms with Crippen LogP contribution in [0, 0.1) is 19.7 Å². The molecule has 3 heterocycles. The molecule has 0 N–H and O–H groups in total. The number of nitrogens with zero attached hydrogens (tertiary/aromatic N) is 2. The fourth-order valence-electron chi connectivity index (χ4n) is 5.43. The lowest BCUT2D eigenvalue weighted by Gasteiger charge is -2.34. The lowest BCUT2D eigenvalue weighted by molar-refractivity contribution is -0.363. The van der Waals surface area contributed by atoms with Crippen LogP contribution in [0.25, 0.3) is 5.57 Å². The van der Waals surface area contributed by atoms with Gasteiger partial charge in [0, 0.05) is 29.3 Å². The molecule has 2 aliphatic rings. The summed E-state index contributed by atoms with van der Waals surface area (Å²) >= 11 is 6.40. The molecule has 7 heteroatoms. The molecule has 4 rings (SSSR count). The Balaban J connectivity index is 2.27. The largest absolute Gasteiger partial charge is 0.737 e. The number of halogens is 4. The number of rotatable bonds is 3. The Labute approximate surface area is 180 Å². The van der Waals surface area contributed by atoms with E-state index in [2.05, 4.69) is 0 Å². The molecular formula is C23H25BClF3N2. The molecule has 2 nitrogen and oxygen atoms in total. The first-order chi connectivity index (χ1) is 14.1. The Morgan fingerprint density at radius 3 is 2.33 bits per heavy atom. The average Bonchev–Trinajstić information content (AvgIpc) is 3.10. The van der Waals surface area contributed by atoms with Crippen molar-refractivity contribution in [2.45, 2.75) is 54.4 Å². The van der Waals surface area contributed by atoms with Gasteiger partial charge in [0.1, 0.15) is 11.5 Å². The summed E-state index contributed by atoms with van der Waals surface area (Å²) in [7, 11) is 0. The zero-order chi connectivity index (χ0) is 22.1. The van der Waals surface area contributed by atoms with Crippen LogP contribution >= 0.6 is 11.6 Å². The molecule has 0 saturated carbocycles. The highest BCUT2D eigenvalue weighted by Gasteiger charge is 2.56. The summed E-state index contributed by atoms with van der Waals surface area (Å²) in [5.41, 5.74) is 6.40. The van der Waals surface area contributed by atoms with Gasteiger partial charge in [0.05, 0.1) is 10.6 Å². The van der Waals surface area contributed by atoms with Crippen LogP contribution in [0.5, 0.6) is 0 Å². The van der Waals surface area contributed by atoms with Gasteiger partial charge < -0.3 is 17.6 Å². The molecule has 0 radical (unpaired) electrons. The van der Waals surface area contributed by atoms with Crippen molar-refractivity contribution in [2.75, 3.05) is 0 Å². The molecule has 30 heavy (non-hydrogen) atoms. The summed E-state index contributed by atoms with van der Waals surface area (Å²) in [5.74, 6) is -0.559. The monoisotopic (exact) mass is 432 g/mol. The normalized spacial score (nSPS) is 17.8. The maximum absolute atomic E-state index is 16.1. The highest BCUT2D eigenvalue weighted by molar-refractivity contribution is 6.58. The van der Waals surface area contributed by atoms with Crippen molar-refractivity contribution in [3.8, 4) is 0 Å². The number of fused-ring (bicyclic) bond motifs is 2. The van der Waals surface area contributed by atoms with E-state index in [-0.39, 0.29) is 5.02 Å². The number of aromatic nitrogens is 1. The fourth-order valence-corrected chi connectivity index (χ4v) is 5.65. The van der Waals surface area contributed by atoms with Crippen LogP contribution in [-0.4, -0.2) is 21.6 Å². The highest BCUT2D eigenvalue weighted by Crippen LogP contribution is 2.48. The molecular weight excluding hydrogens is 408 g/mol. The van der Waals surface area contributed by atoms with E-state index >= 15 is 8.63 Å². The topological polar surface area (TPSA) is 7.94 Å². The summed E-state index contributed by atoms with van der Waals surface area (Å²) in [5, 5.41) is -0.0454. The van der Waals surface area contributed by atoms with Crippen molar-refractivity contribution in [3.63, 3.8) is 0 Å². The lowest BCUT2D eigenvalue weighted by Crippen LogP contribution is -2.51. The van der Waals surface area contributed by atoms with E-state index in [1.54, 1.807) is 26.0 Å². The molecule has 158 valence electrons. The van der Waals surface area contributed by atoms with Crippen LogP contribution in [-0.2, 0) is 6.42 Å². The number of hydrogen-bond donors (Lipinski definition) is 0. The molecule has 2 aromatic rings. The van der Waals surface area contributed by atoms with Gasteiger partial charge in [-0.15, -0.1) is 0 Å². The van der Waals surface area contributed by atoms with Gasteiger partial charge in [0.25, 0.3) is 0 Å². The maximum atomic E-state index is 16.1. The van der Waals surface area contributed by atoms with E-state index in [4.69, 9.17) is 11.6 Å². The third kappa shape index (κ3) is 2.49. The minimum atomic E-state index is -4.10. The van der Waals surface area contributed by atoms with Gasteiger partial charge >= 0.3 is 6.97 Å². The van der Waals surface area contributed by atoms with Gasteiger partial charge in [-0.25, -0.2) is 4.39 Å². The molecule has 1 aromatic carbocycles. The average molecular weight is 433 g/mol. The Morgan fingerprint density at radius 1 is 1.07 bits per heavy atom. The Hall–Kier alpha value is -2.21. The van der Waals surface area contributed by atoms with E-state index < -0.39 is 12.8 Å². The number of benzene rings is 1. The fraction of sp³-hybridized carbons (Fsp3) is 0.348. The van der Waals surface area contributed by atoms with Gasteiger partial charge in [0.2, 0.25) is 0 Å². The van der Waals surface area contributed by atoms with Crippen molar-refractivity contribution in [1.29, 1.82) is 0 Å². The van der Waals surface area contributed by atoms with Crippen molar-refractivity contribution in [2.24, 2.45) is 0 Å². The number of hydrogen-bond acceptors (Lipinski definition) is 0. The molecule has 0 saturated heterocycles. The first kappa shape index (κ1) is 21.0. The third-order valence-electron chi connectivity index (χ3n) is 6.72. The van der Waals surface area contributed by atoms with Crippen molar-refractivity contribution >= 4 is 29.9 Å². The Morgan fingerprint density at radius 2 is 1.73 bits per heavy atom. The van der Waals surface area contributed by atoms with Crippen LogP contribution in [0.2, 0.25) is 5.02 Å². The summed E-state index contributed by atoms with van der Waals surface area (Å²) in [4.78, 5) is 0. The maximum Gasteiger partial charge on any atom is 0.737 e. The zero-order valence-electron chi connectivity index (χ0n) is 18.1. The van der Waals surface area contributed by atoms with Gasteiger partial charge in [-0.1, -0.05) is 37.6 Å². The molecule has 1 aromatic heterocycles. The van der Waals surface area contributed by atoms with Gasteiger partial charge in [0.15, 0.2) is 5.70 Å². The second-order valence-electron chi connectivity index (χ2n) is 8.09. The van der Waals surface area contributed by atoms with Crippen LogP contribution in [0.3, 0.4) is 0 Å². The van der Waals surface area contributed by atoms with E-state index in [0.29, 0.717) is 46.8 Å². The van der Waals surface area contributed by atoms with Crippen molar-refractivity contribution in [1.82, 2.24) is 4.48 Å². The van der Waals surface area contributed by atoms with Crippen molar-refractivity contribution in [3.05, 3.63) is 74.0 Å². The van der Waals surface area contributed by atoms with Crippen LogP contribution in [0.4, 0.5) is 13.0 Å². The molecule has 0 fully saturated rings. The van der Waals surface area contributed by atoms with Gasteiger partial charge in [-0.3, -0.25) is 0 Å². The Kier molecular flexibility index (Phi) is 4.85. The zero-order valence-corrected chi connectivity index (χ0v) is 18.9. The second kappa shape index (κ2) is 6.91. The van der Waals surface area contributed by atoms with Crippen molar-refractivity contribution < 1.29 is 17.5 Å². The van der Waals surface area contributed by atoms with E-state index in [1.165, 1.54) is 15.0 Å². The molecule has 2 aliphatic heterocycles. The molecule has 0 spiro atoms. The molecule has 0 unspecified atom stereocenters. The minimum absolute atomic E-state index is 0.0454. The predicted molar refractivity (Wildman–Crippen MR) is 118 cm³/mol. The smallest absolute Gasteiger partial charge is 0.393 e. The minimum Gasteiger partial charge on any atom is -0.393 e. The van der Waals surface area contributed by atoms with E-state index in [1.807, 2.05) is 27.7 Å². The lowest BCUT2D eigenvalue weighted by atomic mass is 9.83. The summed E-state index contributed by atoms with van der Waals surface area (Å²) in [6.45, 7) is 7.06. The number of allylic oxidation sites excluding steroid dienone is 2. The highest BCUT2D eigenvalue weighted by atomic mass is 35.5. The summed E-state index contributed by atoms with van der Waals surface area (Å²) in [6, 6.07) is 4.58.